The SMILES string of the molecule is CC(C)Cc1ccc([C@@H](C)NC2=[NH+]CCC2)cc1. The minimum absolute atomic E-state index is 0.388. The lowest BCUT2D eigenvalue weighted by molar-refractivity contribution is -0.449. The van der Waals surface area contributed by atoms with Gasteiger partial charge in [-0.3, -0.25) is 10.3 Å². The molecule has 1 aromatic carbocycles. The van der Waals surface area contributed by atoms with Gasteiger partial charge in [-0.15, -0.1) is 0 Å². The Kier molecular flexibility index (Phi) is 4.40. The predicted octanol–water partition coefficient (Wildman–Crippen LogP) is 1.81. The zero-order chi connectivity index (χ0) is 13.0. The third-order valence-corrected chi connectivity index (χ3v) is 3.46. The second kappa shape index (κ2) is 6.03. The van der Waals surface area contributed by atoms with Gasteiger partial charge in [0.2, 0.25) is 5.84 Å². The lowest BCUT2D eigenvalue weighted by atomic mass is 10.00. The Bertz CT molecular complexity index is 404. The van der Waals surface area contributed by atoms with Crippen molar-refractivity contribution in [2.75, 3.05) is 6.54 Å². The molecule has 0 saturated carbocycles. The average molecular weight is 245 g/mol. The van der Waals surface area contributed by atoms with Gasteiger partial charge in [0.15, 0.2) is 0 Å². The lowest BCUT2D eigenvalue weighted by Crippen LogP contribution is -2.72. The highest BCUT2D eigenvalue weighted by Gasteiger charge is 2.17. The van der Waals surface area contributed by atoms with Crippen LogP contribution in [-0.2, 0) is 6.42 Å². The van der Waals surface area contributed by atoms with Crippen LogP contribution in [0.5, 0.6) is 0 Å². The van der Waals surface area contributed by atoms with Crippen LogP contribution in [0.25, 0.3) is 0 Å². The number of amidine groups is 1. The summed E-state index contributed by atoms with van der Waals surface area (Å²) < 4.78 is 0. The number of hydrogen-bond donors (Lipinski definition) is 2. The molecule has 2 nitrogen and oxygen atoms in total. The normalized spacial score (nSPS) is 16.8. The maximum atomic E-state index is 3.56. The molecule has 0 amide bonds. The van der Waals surface area contributed by atoms with Gasteiger partial charge in [-0.05, 0) is 36.8 Å². The summed E-state index contributed by atoms with van der Waals surface area (Å²) in [5.41, 5.74) is 2.80. The fourth-order valence-electron chi connectivity index (χ4n) is 2.47. The van der Waals surface area contributed by atoms with Crippen molar-refractivity contribution in [2.24, 2.45) is 5.92 Å². The first-order valence-corrected chi connectivity index (χ1v) is 7.10. The third-order valence-electron chi connectivity index (χ3n) is 3.46. The molecule has 98 valence electrons. The van der Waals surface area contributed by atoms with Gasteiger partial charge in [0, 0.05) is 0 Å². The Morgan fingerprint density at radius 3 is 2.44 bits per heavy atom. The van der Waals surface area contributed by atoms with Crippen molar-refractivity contribution in [3.05, 3.63) is 35.4 Å². The molecule has 1 atom stereocenters. The first-order valence-electron chi connectivity index (χ1n) is 7.10. The molecule has 0 unspecified atom stereocenters. The molecule has 2 heteroatoms. The van der Waals surface area contributed by atoms with E-state index in [-0.39, 0.29) is 0 Å². The minimum Gasteiger partial charge on any atom is -0.279 e. The van der Waals surface area contributed by atoms with Crippen LogP contribution in [0, 0.1) is 5.92 Å². The van der Waals surface area contributed by atoms with Crippen molar-refractivity contribution in [2.45, 2.75) is 46.1 Å². The van der Waals surface area contributed by atoms with Crippen LogP contribution in [0.2, 0.25) is 0 Å². The molecule has 1 aliphatic rings. The Labute approximate surface area is 111 Å². The number of hydrogen-bond acceptors (Lipinski definition) is 1. The van der Waals surface area contributed by atoms with E-state index >= 15 is 0 Å². The molecule has 2 N–H and O–H groups in total. The highest BCUT2D eigenvalue weighted by atomic mass is 15.0. The van der Waals surface area contributed by atoms with E-state index in [4.69, 9.17) is 0 Å². The van der Waals surface area contributed by atoms with E-state index in [9.17, 15) is 0 Å². The van der Waals surface area contributed by atoms with Crippen LogP contribution in [0.4, 0.5) is 0 Å². The quantitative estimate of drug-likeness (QED) is 0.831. The molecule has 1 heterocycles. The van der Waals surface area contributed by atoms with E-state index in [1.54, 1.807) is 0 Å². The van der Waals surface area contributed by atoms with Crippen LogP contribution < -0.4 is 10.3 Å². The Hall–Kier alpha value is -1.31. The standard InChI is InChI=1S/C16H24N2/c1-12(2)11-14-6-8-15(9-7-14)13(3)18-16-5-4-10-17-16/h6-9,12-13H,4-5,10-11H2,1-3H3,(H,17,18)/p+1/t13-/m1/s1. The second-order valence-electron chi connectivity index (χ2n) is 5.71. The highest BCUT2D eigenvalue weighted by molar-refractivity contribution is 5.77. The van der Waals surface area contributed by atoms with Crippen LogP contribution in [0.3, 0.4) is 0 Å². The number of rotatable bonds is 4. The van der Waals surface area contributed by atoms with Gasteiger partial charge in [-0.25, -0.2) is 0 Å². The average Bonchev–Trinajstić information content (AvgIpc) is 2.82. The summed E-state index contributed by atoms with van der Waals surface area (Å²) in [6.45, 7) is 7.87. The molecule has 0 fully saturated rings. The van der Waals surface area contributed by atoms with Gasteiger partial charge < -0.3 is 0 Å². The zero-order valence-electron chi connectivity index (χ0n) is 11.8. The first-order chi connectivity index (χ1) is 8.65. The van der Waals surface area contributed by atoms with Gasteiger partial charge in [0.1, 0.15) is 6.04 Å². The van der Waals surface area contributed by atoms with Crippen molar-refractivity contribution in [1.29, 1.82) is 0 Å². The van der Waals surface area contributed by atoms with Gasteiger partial charge >= 0.3 is 0 Å². The molecular weight excluding hydrogens is 220 g/mol. The Morgan fingerprint density at radius 2 is 1.89 bits per heavy atom. The van der Waals surface area contributed by atoms with Crippen molar-refractivity contribution in [3.8, 4) is 0 Å². The van der Waals surface area contributed by atoms with Crippen LogP contribution in [0.15, 0.2) is 24.3 Å². The van der Waals surface area contributed by atoms with Crippen molar-refractivity contribution in [1.82, 2.24) is 5.32 Å². The third kappa shape index (κ3) is 3.59. The van der Waals surface area contributed by atoms with Gasteiger partial charge in [-0.2, -0.15) is 0 Å². The number of benzene rings is 1. The summed E-state index contributed by atoms with van der Waals surface area (Å²) in [6, 6.07) is 9.43. The molecule has 0 aromatic heterocycles. The van der Waals surface area contributed by atoms with Crippen LogP contribution in [0.1, 0.15) is 50.8 Å². The molecule has 0 saturated heterocycles. The van der Waals surface area contributed by atoms with Gasteiger partial charge in [-0.1, -0.05) is 38.1 Å². The fourth-order valence-corrected chi connectivity index (χ4v) is 2.47. The summed E-state index contributed by atoms with van der Waals surface area (Å²) >= 11 is 0. The second-order valence-corrected chi connectivity index (χ2v) is 5.71. The molecule has 0 radical (unpaired) electrons. The lowest BCUT2D eigenvalue weighted by Gasteiger charge is -2.11. The van der Waals surface area contributed by atoms with Gasteiger partial charge in [0.25, 0.3) is 0 Å². The first kappa shape index (κ1) is 13.1. The molecule has 1 aliphatic heterocycles. The van der Waals surface area contributed by atoms with E-state index in [2.05, 4.69) is 55.3 Å². The molecular formula is C16H25N2+. The summed E-state index contributed by atoms with van der Waals surface area (Å²) in [7, 11) is 0. The zero-order valence-corrected chi connectivity index (χ0v) is 11.8. The molecule has 1 aromatic rings. The molecule has 0 bridgehead atoms. The largest absolute Gasteiger partial charge is 0.279 e. The fraction of sp³-hybridized carbons (Fsp3) is 0.562. The minimum atomic E-state index is 0.388. The summed E-state index contributed by atoms with van der Waals surface area (Å²) in [6.07, 6.45) is 3.58. The van der Waals surface area contributed by atoms with E-state index in [1.165, 1.54) is 29.8 Å². The molecule has 18 heavy (non-hydrogen) atoms. The summed E-state index contributed by atoms with van der Waals surface area (Å²) in [4.78, 5) is 3.40. The monoisotopic (exact) mass is 245 g/mol. The molecule has 0 spiro atoms. The predicted molar refractivity (Wildman–Crippen MR) is 76.6 cm³/mol. The smallest absolute Gasteiger partial charge is 0.243 e. The maximum absolute atomic E-state index is 3.56. The van der Waals surface area contributed by atoms with Crippen molar-refractivity contribution >= 4 is 5.84 Å². The van der Waals surface area contributed by atoms with Crippen molar-refractivity contribution in [3.63, 3.8) is 0 Å². The Balaban J connectivity index is 1.95. The van der Waals surface area contributed by atoms with E-state index in [0.29, 0.717) is 6.04 Å². The highest BCUT2D eigenvalue weighted by Crippen LogP contribution is 2.15. The van der Waals surface area contributed by atoms with Gasteiger partial charge in [0.05, 0.1) is 13.0 Å². The van der Waals surface area contributed by atoms with E-state index in [1.807, 2.05) is 0 Å². The number of nitrogens with one attached hydrogen (secondary N) is 2. The van der Waals surface area contributed by atoms with Crippen LogP contribution in [-0.4, -0.2) is 12.4 Å². The summed E-state index contributed by atoms with van der Waals surface area (Å²) in [5, 5.41) is 3.56. The Morgan fingerprint density at radius 1 is 1.17 bits per heavy atom. The molecule has 2 rings (SSSR count). The topological polar surface area (TPSA) is 26.0 Å². The van der Waals surface area contributed by atoms with E-state index in [0.717, 1.165) is 18.9 Å². The van der Waals surface area contributed by atoms with Crippen LogP contribution >= 0.6 is 0 Å². The molecule has 0 aliphatic carbocycles. The maximum Gasteiger partial charge on any atom is 0.243 e. The van der Waals surface area contributed by atoms with Crippen molar-refractivity contribution < 1.29 is 4.99 Å². The van der Waals surface area contributed by atoms with E-state index < -0.39 is 0 Å². The summed E-state index contributed by atoms with van der Waals surface area (Å²) in [5.74, 6) is 2.03.